The SMILES string of the molecule is CO[C@@H]1OC(COCc2ccccc2)=C[C@H](OC)[C@H]1OCc1ccccc1. The first kappa shape index (κ1) is 19.6. The summed E-state index contributed by atoms with van der Waals surface area (Å²) in [4.78, 5) is 0. The molecule has 3 rings (SSSR count). The molecule has 0 radical (unpaired) electrons. The quantitative estimate of drug-likeness (QED) is 0.674. The Morgan fingerprint density at radius 3 is 2.00 bits per heavy atom. The van der Waals surface area contributed by atoms with Crippen LogP contribution in [0.5, 0.6) is 0 Å². The van der Waals surface area contributed by atoms with Crippen molar-refractivity contribution in [2.24, 2.45) is 0 Å². The molecule has 0 fully saturated rings. The van der Waals surface area contributed by atoms with Crippen molar-refractivity contribution in [1.82, 2.24) is 0 Å². The molecule has 0 aliphatic carbocycles. The molecule has 0 saturated heterocycles. The van der Waals surface area contributed by atoms with E-state index in [2.05, 4.69) is 0 Å². The minimum Gasteiger partial charge on any atom is -0.464 e. The van der Waals surface area contributed by atoms with Crippen molar-refractivity contribution in [3.8, 4) is 0 Å². The molecule has 0 saturated carbocycles. The van der Waals surface area contributed by atoms with Crippen LogP contribution < -0.4 is 0 Å². The van der Waals surface area contributed by atoms with Gasteiger partial charge in [-0.3, -0.25) is 0 Å². The van der Waals surface area contributed by atoms with Gasteiger partial charge < -0.3 is 23.7 Å². The van der Waals surface area contributed by atoms with Gasteiger partial charge in [0.05, 0.1) is 13.2 Å². The second-order valence-corrected chi connectivity index (χ2v) is 6.29. The van der Waals surface area contributed by atoms with Gasteiger partial charge in [0.15, 0.2) is 0 Å². The number of benzene rings is 2. The van der Waals surface area contributed by atoms with Gasteiger partial charge in [0.2, 0.25) is 6.29 Å². The van der Waals surface area contributed by atoms with E-state index in [1.165, 1.54) is 0 Å². The normalized spacial score (nSPS) is 22.1. The maximum atomic E-state index is 6.04. The van der Waals surface area contributed by atoms with E-state index in [1.54, 1.807) is 14.2 Å². The van der Waals surface area contributed by atoms with Crippen LogP contribution in [-0.2, 0) is 36.9 Å². The van der Waals surface area contributed by atoms with Gasteiger partial charge in [-0.05, 0) is 17.2 Å². The lowest BCUT2D eigenvalue weighted by atomic mass is 10.1. The Balaban J connectivity index is 1.58. The van der Waals surface area contributed by atoms with E-state index in [-0.39, 0.29) is 12.2 Å². The van der Waals surface area contributed by atoms with Crippen molar-refractivity contribution in [1.29, 1.82) is 0 Å². The summed E-state index contributed by atoms with van der Waals surface area (Å²) in [7, 11) is 3.25. The molecule has 27 heavy (non-hydrogen) atoms. The summed E-state index contributed by atoms with van der Waals surface area (Å²) in [6, 6.07) is 20.0. The fraction of sp³-hybridized carbons (Fsp3) is 0.364. The van der Waals surface area contributed by atoms with Gasteiger partial charge >= 0.3 is 0 Å². The predicted octanol–water partition coefficient (Wildman–Crippen LogP) is 3.69. The standard InChI is InChI=1S/C22H26O5/c1-23-20-13-19(16-25-14-17-9-5-3-6-10-17)27-22(24-2)21(20)26-15-18-11-7-4-8-12-18/h3-13,20-22H,14-16H2,1-2H3/t20-,21+,22+/m0/s1. The zero-order valence-electron chi connectivity index (χ0n) is 15.7. The van der Waals surface area contributed by atoms with Crippen molar-refractivity contribution in [2.75, 3.05) is 20.8 Å². The molecular formula is C22H26O5. The summed E-state index contributed by atoms with van der Waals surface area (Å²) >= 11 is 0. The van der Waals surface area contributed by atoms with E-state index in [0.29, 0.717) is 25.6 Å². The van der Waals surface area contributed by atoms with E-state index in [4.69, 9.17) is 23.7 Å². The van der Waals surface area contributed by atoms with E-state index in [1.807, 2.05) is 66.7 Å². The van der Waals surface area contributed by atoms with E-state index < -0.39 is 6.29 Å². The highest BCUT2D eigenvalue weighted by Crippen LogP contribution is 2.24. The van der Waals surface area contributed by atoms with Gasteiger partial charge in [0, 0.05) is 14.2 Å². The summed E-state index contributed by atoms with van der Waals surface area (Å²) < 4.78 is 28.8. The van der Waals surface area contributed by atoms with E-state index >= 15 is 0 Å². The van der Waals surface area contributed by atoms with Crippen molar-refractivity contribution >= 4 is 0 Å². The second-order valence-electron chi connectivity index (χ2n) is 6.29. The molecule has 0 N–H and O–H groups in total. The largest absolute Gasteiger partial charge is 0.464 e. The summed E-state index contributed by atoms with van der Waals surface area (Å²) in [6.45, 7) is 1.33. The average Bonchev–Trinajstić information content (AvgIpc) is 2.73. The smallest absolute Gasteiger partial charge is 0.228 e. The number of ether oxygens (including phenoxy) is 5. The van der Waals surface area contributed by atoms with E-state index in [9.17, 15) is 0 Å². The molecule has 1 aliphatic heterocycles. The van der Waals surface area contributed by atoms with Crippen molar-refractivity contribution in [3.05, 3.63) is 83.6 Å². The van der Waals surface area contributed by atoms with Crippen molar-refractivity contribution < 1.29 is 23.7 Å². The first-order valence-electron chi connectivity index (χ1n) is 9.00. The maximum absolute atomic E-state index is 6.04. The number of hydrogen-bond donors (Lipinski definition) is 0. The Morgan fingerprint density at radius 1 is 0.778 bits per heavy atom. The number of methoxy groups -OCH3 is 2. The fourth-order valence-electron chi connectivity index (χ4n) is 2.94. The summed E-state index contributed by atoms with van der Waals surface area (Å²) in [5, 5.41) is 0. The summed E-state index contributed by atoms with van der Waals surface area (Å²) in [6.07, 6.45) is 0.704. The lowest BCUT2D eigenvalue weighted by molar-refractivity contribution is -0.218. The lowest BCUT2D eigenvalue weighted by Crippen LogP contribution is -2.46. The minimum atomic E-state index is -0.556. The highest BCUT2D eigenvalue weighted by molar-refractivity contribution is 5.15. The third-order valence-electron chi connectivity index (χ3n) is 4.36. The van der Waals surface area contributed by atoms with Gasteiger partial charge in [-0.15, -0.1) is 0 Å². The first-order chi connectivity index (χ1) is 13.3. The van der Waals surface area contributed by atoms with Crippen LogP contribution in [0.15, 0.2) is 72.5 Å². The molecule has 0 unspecified atom stereocenters. The third-order valence-corrected chi connectivity index (χ3v) is 4.36. The Morgan fingerprint density at radius 2 is 1.41 bits per heavy atom. The summed E-state index contributed by atoms with van der Waals surface area (Å²) in [5.74, 6) is 0.684. The molecule has 0 bridgehead atoms. The highest BCUT2D eigenvalue weighted by atomic mass is 16.7. The first-order valence-corrected chi connectivity index (χ1v) is 9.00. The molecule has 2 aromatic carbocycles. The van der Waals surface area contributed by atoms with Crippen molar-refractivity contribution in [2.45, 2.75) is 31.7 Å². The van der Waals surface area contributed by atoms with Gasteiger partial charge in [0.25, 0.3) is 0 Å². The van der Waals surface area contributed by atoms with Gasteiger partial charge in [-0.25, -0.2) is 0 Å². The van der Waals surface area contributed by atoms with Crippen molar-refractivity contribution in [3.63, 3.8) is 0 Å². The molecule has 2 aromatic rings. The van der Waals surface area contributed by atoms with E-state index in [0.717, 1.165) is 11.1 Å². The van der Waals surface area contributed by atoms with Gasteiger partial charge in [-0.1, -0.05) is 60.7 Å². The Kier molecular flexibility index (Phi) is 7.42. The zero-order valence-corrected chi connectivity index (χ0v) is 15.7. The molecule has 1 heterocycles. The topological polar surface area (TPSA) is 46.2 Å². The van der Waals surface area contributed by atoms with Crippen LogP contribution in [0.4, 0.5) is 0 Å². The maximum Gasteiger partial charge on any atom is 0.228 e. The van der Waals surface area contributed by atoms with Gasteiger partial charge in [-0.2, -0.15) is 0 Å². The van der Waals surface area contributed by atoms with Crippen LogP contribution in [0, 0.1) is 0 Å². The summed E-state index contributed by atoms with van der Waals surface area (Å²) in [5.41, 5.74) is 2.20. The van der Waals surface area contributed by atoms with Crippen LogP contribution >= 0.6 is 0 Å². The molecule has 1 aliphatic rings. The predicted molar refractivity (Wildman–Crippen MR) is 102 cm³/mol. The average molecular weight is 370 g/mol. The monoisotopic (exact) mass is 370 g/mol. The second kappa shape index (κ2) is 10.2. The van der Waals surface area contributed by atoms with Crippen LogP contribution in [0.25, 0.3) is 0 Å². The Bertz CT molecular complexity index is 701. The molecule has 144 valence electrons. The van der Waals surface area contributed by atoms with Crippen LogP contribution in [0.3, 0.4) is 0 Å². The number of hydrogen-bond acceptors (Lipinski definition) is 5. The fourth-order valence-corrected chi connectivity index (χ4v) is 2.94. The lowest BCUT2D eigenvalue weighted by Gasteiger charge is -2.35. The molecule has 0 amide bonds. The zero-order chi connectivity index (χ0) is 18.9. The highest BCUT2D eigenvalue weighted by Gasteiger charge is 2.36. The molecule has 5 nitrogen and oxygen atoms in total. The molecular weight excluding hydrogens is 344 g/mol. The van der Waals surface area contributed by atoms with Crippen LogP contribution in [-0.4, -0.2) is 39.3 Å². The number of rotatable bonds is 9. The molecule has 0 aromatic heterocycles. The molecule has 3 atom stereocenters. The van der Waals surface area contributed by atoms with Gasteiger partial charge in [0.1, 0.15) is 24.6 Å². The Labute approximate surface area is 160 Å². The molecule has 5 heteroatoms. The van der Waals surface area contributed by atoms with Crippen LogP contribution in [0.2, 0.25) is 0 Å². The third kappa shape index (κ3) is 5.65. The Hall–Kier alpha value is -2.18. The van der Waals surface area contributed by atoms with Crippen LogP contribution in [0.1, 0.15) is 11.1 Å². The molecule has 0 spiro atoms. The minimum absolute atomic E-state index is 0.275.